The lowest BCUT2D eigenvalue weighted by Crippen LogP contribution is -2.40. The molecule has 0 aliphatic carbocycles. The van der Waals surface area contributed by atoms with Gasteiger partial charge in [-0.25, -0.2) is 21.6 Å². The van der Waals surface area contributed by atoms with Gasteiger partial charge in [0.2, 0.25) is 15.9 Å². The van der Waals surface area contributed by atoms with Crippen LogP contribution in [0.2, 0.25) is 0 Å². The van der Waals surface area contributed by atoms with Crippen molar-refractivity contribution in [3.05, 3.63) is 65.5 Å². The van der Waals surface area contributed by atoms with Gasteiger partial charge < -0.3 is 5.32 Å². The molecule has 0 bridgehead atoms. The number of nitrogens with one attached hydrogen (secondary N) is 1. The van der Waals surface area contributed by atoms with Crippen molar-refractivity contribution in [3.63, 3.8) is 0 Å². The quantitative estimate of drug-likeness (QED) is 0.569. The zero-order valence-electron chi connectivity index (χ0n) is 15.7. The van der Waals surface area contributed by atoms with Gasteiger partial charge in [-0.1, -0.05) is 12.1 Å². The third kappa shape index (κ3) is 7.62. The summed E-state index contributed by atoms with van der Waals surface area (Å²) in [7, 11) is -3.86. The summed E-state index contributed by atoms with van der Waals surface area (Å²) in [5, 5.41) is 2.61. The van der Waals surface area contributed by atoms with Crippen LogP contribution in [0.5, 0.6) is 0 Å². The van der Waals surface area contributed by atoms with Gasteiger partial charge >= 0.3 is 0 Å². The highest BCUT2D eigenvalue weighted by molar-refractivity contribution is 7.98. The van der Waals surface area contributed by atoms with Crippen LogP contribution in [0.3, 0.4) is 0 Å². The molecule has 0 heterocycles. The van der Waals surface area contributed by atoms with E-state index in [0.29, 0.717) is 23.0 Å². The van der Waals surface area contributed by atoms with E-state index in [1.165, 1.54) is 12.1 Å². The number of hydrogen-bond acceptors (Lipinski definition) is 4. The molecule has 0 fully saturated rings. The number of sulfonamides is 1. The number of anilines is 1. The molecule has 0 radical (unpaired) electrons. The molecule has 0 aliphatic rings. The van der Waals surface area contributed by atoms with Crippen molar-refractivity contribution in [2.75, 3.05) is 29.4 Å². The minimum Gasteiger partial charge on any atom is -0.354 e. The van der Waals surface area contributed by atoms with Crippen LogP contribution in [-0.2, 0) is 20.6 Å². The summed E-state index contributed by atoms with van der Waals surface area (Å²) >= 11 is 1.62. The Morgan fingerprint density at radius 3 is 2.38 bits per heavy atom. The largest absolute Gasteiger partial charge is 0.354 e. The number of carbonyl (C=O) groups is 1. The maximum absolute atomic E-state index is 13.4. The van der Waals surface area contributed by atoms with Crippen LogP contribution in [0.4, 0.5) is 18.9 Å². The molecule has 29 heavy (non-hydrogen) atoms. The van der Waals surface area contributed by atoms with Gasteiger partial charge in [-0.05, 0) is 42.0 Å². The second kappa shape index (κ2) is 10.5. The fourth-order valence-corrected chi connectivity index (χ4v) is 4.17. The molecule has 1 N–H and O–H groups in total. The van der Waals surface area contributed by atoms with Gasteiger partial charge in [0.25, 0.3) is 0 Å². The van der Waals surface area contributed by atoms with E-state index < -0.39 is 34.1 Å². The molecule has 158 valence electrons. The van der Waals surface area contributed by atoms with Crippen molar-refractivity contribution in [2.45, 2.75) is 12.2 Å². The van der Waals surface area contributed by atoms with Crippen LogP contribution < -0.4 is 9.62 Å². The average molecular weight is 447 g/mol. The van der Waals surface area contributed by atoms with Crippen molar-refractivity contribution in [1.29, 1.82) is 0 Å². The van der Waals surface area contributed by atoms with Crippen LogP contribution in [0, 0.1) is 17.5 Å². The van der Waals surface area contributed by atoms with Crippen LogP contribution in [0.15, 0.2) is 42.5 Å². The molecule has 0 saturated carbocycles. The zero-order chi connectivity index (χ0) is 21.4. The highest BCUT2D eigenvalue weighted by Gasteiger charge is 2.21. The van der Waals surface area contributed by atoms with Gasteiger partial charge in [0.15, 0.2) is 11.6 Å². The van der Waals surface area contributed by atoms with E-state index >= 15 is 0 Å². The maximum atomic E-state index is 13.4. The molecule has 0 spiro atoms. The minimum absolute atomic E-state index is 0.128. The maximum Gasteiger partial charge on any atom is 0.240 e. The molecule has 0 aliphatic heterocycles. The van der Waals surface area contributed by atoms with Gasteiger partial charge in [0, 0.05) is 18.4 Å². The highest BCUT2D eigenvalue weighted by Crippen LogP contribution is 2.20. The van der Waals surface area contributed by atoms with Crippen molar-refractivity contribution in [3.8, 4) is 0 Å². The number of rotatable bonds is 10. The summed E-state index contributed by atoms with van der Waals surface area (Å²) in [5.41, 5.74) is 0.868. The predicted octanol–water partition coefficient (Wildman–Crippen LogP) is 3.31. The second-order valence-electron chi connectivity index (χ2n) is 6.25. The molecule has 2 aromatic rings. The standard InChI is InChI=1S/C19H21F3N2O3S2/c1-29(26,27)24(16-7-8-17(21)18(22)11-16)12-19(25)23-9-2-10-28-13-14-3-5-15(20)6-4-14/h3-8,11H,2,9-10,12-13H2,1H3,(H,23,25). The van der Waals surface area contributed by atoms with Crippen molar-refractivity contribution in [1.82, 2.24) is 5.32 Å². The lowest BCUT2D eigenvalue weighted by atomic mass is 10.2. The van der Waals surface area contributed by atoms with E-state index in [1.807, 2.05) is 0 Å². The Kier molecular flexibility index (Phi) is 8.39. The van der Waals surface area contributed by atoms with E-state index in [2.05, 4.69) is 5.32 Å². The van der Waals surface area contributed by atoms with Gasteiger partial charge in [0.05, 0.1) is 11.9 Å². The van der Waals surface area contributed by atoms with Crippen molar-refractivity contribution in [2.24, 2.45) is 0 Å². The Morgan fingerprint density at radius 2 is 1.76 bits per heavy atom. The molecule has 0 atom stereocenters. The molecular weight excluding hydrogens is 425 g/mol. The normalized spacial score (nSPS) is 11.3. The third-order valence-corrected chi connectivity index (χ3v) is 6.10. The van der Waals surface area contributed by atoms with Gasteiger partial charge in [-0.2, -0.15) is 11.8 Å². The van der Waals surface area contributed by atoms with E-state index in [9.17, 15) is 26.4 Å². The molecule has 0 aromatic heterocycles. The molecule has 0 saturated heterocycles. The van der Waals surface area contributed by atoms with E-state index in [1.54, 1.807) is 23.9 Å². The van der Waals surface area contributed by atoms with Crippen LogP contribution in [0.25, 0.3) is 0 Å². The minimum atomic E-state index is -3.86. The van der Waals surface area contributed by atoms with Crippen molar-refractivity contribution >= 4 is 33.4 Å². The van der Waals surface area contributed by atoms with E-state index in [0.717, 1.165) is 35.8 Å². The monoisotopic (exact) mass is 446 g/mol. The topological polar surface area (TPSA) is 66.5 Å². The highest BCUT2D eigenvalue weighted by atomic mass is 32.2. The smallest absolute Gasteiger partial charge is 0.240 e. The van der Waals surface area contributed by atoms with Crippen molar-refractivity contribution < 1.29 is 26.4 Å². The van der Waals surface area contributed by atoms with Gasteiger partial charge in [-0.15, -0.1) is 0 Å². The fourth-order valence-electron chi connectivity index (χ4n) is 2.40. The molecular formula is C19H21F3N2O3S2. The first-order chi connectivity index (χ1) is 13.7. The summed E-state index contributed by atoms with van der Waals surface area (Å²) in [6.07, 6.45) is 1.54. The number of halogens is 3. The fraction of sp³-hybridized carbons (Fsp3) is 0.316. The number of benzene rings is 2. The van der Waals surface area contributed by atoms with Gasteiger partial charge in [0.1, 0.15) is 12.4 Å². The Hall–Kier alpha value is -2.20. The van der Waals surface area contributed by atoms with Crippen LogP contribution in [0.1, 0.15) is 12.0 Å². The Morgan fingerprint density at radius 1 is 1.07 bits per heavy atom. The Bertz CT molecular complexity index is 938. The Labute approximate surface area is 172 Å². The number of nitrogens with zero attached hydrogens (tertiary/aromatic N) is 1. The summed E-state index contributed by atoms with van der Waals surface area (Å²) in [5.74, 6) is -1.68. The van der Waals surface area contributed by atoms with E-state index in [4.69, 9.17) is 0 Å². The Balaban J connectivity index is 1.78. The lowest BCUT2D eigenvalue weighted by Gasteiger charge is -2.22. The number of amides is 1. The number of thioether (sulfide) groups is 1. The molecule has 2 rings (SSSR count). The second-order valence-corrected chi connectivity index (χ2v) is 9.26. The first-order valence-electron chi connectivity index (χ1n) is 8.68. The SMILES string of the molecule is CS(=O)(=O)N(CC(=O)NCCCSCc1ccc(F)cc1)c1ccc(F)c(F)c1. The van der Waals surface area contributed by atoms with Crippen LogP contribution in [-0.4, -0.2) is 39.4 Å². The van der Waals surface area contributed by atoms with Crippen LogP contribution >= 0.6 is 11.8 Å². The lowest BCUT2D eigenvalue weighted by molar-refractivity contribution is -0.119. The average Bonchev–Trinajstić information content (AvgIpc) is 2.65. The summed E-state index contributed by atoms with van der Waals surface area (Å²) in [6, 6.07) is 8.85. The summed E-state index contributed by atoms with van der Waals surface area (Å²) in [4.78, 5) is 12.1. The summed E-state index contributed by atoms with van der Waals surface area (Å²) in [6.45, 7) is -0.197. The molecule has 10 heteroatoms. The number of carbonyl (C=O) groups excluding carboxylic acids is 1. The third-order valence-electron chi connectivity index (χ3n) is 3.85. The van der Waals surface area contributed by atoms with Gasteiger partial charge in [-0.3, -0.25) is 9.10 Å². The first kappa shape index (κ1) is 23.1. The molecule has 0 unspecified atom stereocenters. The zero-order valence-corrected chi connectivity index (χ0v) is 17.3. The molecule has 1 amide bonds. The first-order valence-corrected chi connectivity index (χ1v) is 11.7. The summed E-state index contributed by atoms with van der Waals surface area (Å²) < 4.78 is 63.9. The van der Waals surface area contributed by atoms with E-state index in [-0.39, 0.29) is 11.5 Å². The predicted molar refractivity (Wildman–Crippen MR) is 109 cm³/mol. The molecule has 2 aromatic carbocycles. The molecule has 5 nitrogen and oxygen atoms in total. The number of hydrogen-bond donors (Lipinski definition) is 1.